The highest BCUT2D eigenvalue weighted by Crippen LogP contribution is 2.59. The van der Waals surface area contributed by atoms with Gasteiger partial charge in [-0.05, 0) is 31.6 Å². The van der Waals surface area contributed by atoms with E-state index in [0.29, 0.717) is 12.5 Å². The molecule has 1 saturated carbocycles. The van der Waals surface area contributed by atoms with Crippen LogP contribution >= 0.6 is 0 Å². The molecule has 0 bridgehead atoms. The van der Waals surface area contributed by atoms with Gasteiger partial charge in [0.25, 0.3) is 0 Å². The van der Waals surface area contributed by atoms with Crippen LogP contribution in [0.5, 0.6) is 0 Å². The average molecular weight is 224 g/mol. The molecule has 0 spiro atoms. The van der Waals surface area contributed by atoms with Crippen molar-refractivity contribution in [3.63, 3.8) is 0 Å². The SMILES string of the molecule is CCCCOC(=O)[C@H]1[C@@H](C=C(C)C)C1(C)C. The Balaban J connectivity index is 2.49. The molecule has 0 amide bonds. The molecule has 1 aliphatic rings. The Morgan fingerprint density at radius 3 is 2.50 bits per heavy atom. The first-order valence-electron chi connectivity index (χ1n) is 6.23. The molecular weight excluding hydrogens is 200 g/mol. The van der Waals surface area contributed by atoms with E-state index in [1.165, 1.54) is 5.57 Å². The Hall–Kier alpha value is -0.790. The van der Waals surface area contributed by atoms with E-state index < -0.39 is 0 Å². The van der Waals surface area contributed by atoms with Gasteiger partial charge < -0.3 is 4.74 Å². The summed E-state index contributed by atoms with van der Waals surface area (Å²) in [6.07, 6.45) is 4.23. The molecule has 0 heterocycles. The number of carbonyl (C=O) groups excluding carboxylic acids is 1. The summed E-state index contributed by atoms with van der Waals surface area (Å²) in [6.45, 7) is 11.1. The molecule has 0 N–H and O–H groups in total. The Morgan fingerprint density at radius 1 is 1.38 bits per heavy atom. The number of ether oxygens (including phenoxy) is 1. The molecular formula is C14H24O2. The molecule has 1 rings (SSSR count). The number of esters is 1. The molecule has 1 fully saturated rings. The van der Waals surface area contributed by atoms with Gasteiger partial charge in [0.1, 0.15) is 0 Å². The second-order valence-electron chi connectivity index (χ2n) is 5.59. The Bertz CT molecular complexity index is 285. The van der Waals surface area contributed by atoms with Gasteiger partial charge in [0.15, 0.2) is 0 Å². The van der Waals surface area contributed by atoms with Crippen LogP contribution in [0.4, 0.5) is 0 Å². The van der Waals surface area contributed by atoms with Crippen LogP contribution in [-0.2, 0) is 9.53 Å². The molecule has 2 atom stereocenters. The molecule has 0 aromatic heterocycles. The van der Waals surface area contributed by atoms with E-state index in [-0.39, 0.29) is 17.3 Å². The van der Waals surface area contributed by atoms with Crippen molar-refractivity contribution in [2.45, 2.75) is 47.5 Å². The number of hydrogen-bond acceptors (Lipinski definition) is 2. The summed E-state index contributed by atoms with van der Waals surface area (Å²) in [4.78, 5) is 11.8. The minimum absolute atomic E-state index is 0.0130. The summed E-state index contributed by atoms with van der Waals surface area (Å²) in [5.74, 6) is 0.423. The number of hydrogen-bond donors (Lipinski definition) is 0. The molecule has 0 unspecified atom stereocenters. The number of rotatable bonds is 5. The highest BCUT2D eigenvalue weighted by Gasteiger charge is 2.61. The molecule has 2 heteroatoms. The lowest BCUT2D eigenvalue weighted by Gasteiger charge is -2.04. The van der Waals surface area contributed by atoms with Gasteiger partial charge in [0.05, 0.1) is 12.5 Å². The molecule has 0 saturated heterocycles. The lowest BCUT2D eigenvalue weighted by molar-refractivity contribution is -0.146. The lowest BCUT2D eigenvalue weighted by atomic mass is 10.1. The van der Waals surface area contributed by atoms with Crippen LogP contribution in [0.15, 0.2) is 11.6 Å². The Kier molecular flexibility index (Phi) is 4.17. The van der Waals surface area contributed by atoms with E-state index in [9.17, 15) is 4.79 Å². The summed E-state index contributed by atoms with van der Waals surface area (Å²) in [5, 5.41) is 0. The van der Waals surface area contributed by atoms with Crippen LogP contribution in [-0.4, -0.2) is 12.6 Å². The van der Waals surface area contributed by atoms with Crippen LogP contribution in [0, 0.1) is 17.3 Å². The largest absolute Gasteiger partial charge is 0.465 e. The van der Waals surface area contributed by atoms with E-state index >= 15 is 0 Å². The van der Waals surface area contributed by atoms with Crippen molar-refractivity contribution in [1.82, 2.24) is 0 Å². The second-order valence-corrected chi connectivity index (χ2v) is 5.59. The van der Waals surface area contributed by atoms with Gasteiger partial charge in [-0.25, -0.2) is 0 Å². The molecule has 2 nitrogen and oxygen atoms in total. The maximum Gasteiger partial charge on any atom is 0.310 e. The maximum absolute atomic E-state index is 11.8. The molecule has 16 heavy (non-hydrogen) atoms. The molecule has 92 valence electrons. The predicted molar refractivity (Wildman–Crippen MR) is 66.1 cm³/mol. The monoisotopic (exact) mass is 224 g/mol. The maximum atomic E-state index is 11.8. The fraction of sp³-hybridized carbons (Fsp3) is 0.786. The zero-order valence-corrected chi connectivity index (χ0v) is 11.2. The third kappa shape index (κ3) is 2.87. The normalized spacial score (nSPS) is 26.1. The van der Waals surface area contributed by atoms with E-state index in [1.54, 1.807) is 0 Å². The van der Waals surface area contributed by atoms with Crippen LogP contribution < -0.4 is 0 Å². The summed E-state index contributed by atoms with van der Waals surface area (Å²) < 4.78 is 5.29. The van der Waals surface area contributed by atoms with E-state index in [4.69, 9.17) is 4.74 Å². The zero-order chi connectivity index (χ0) is 12.3. The van der Waals surface area contributed by atoms with Crippen molar-refractivity contribution in [2.24, 2.45) is 17.3 Å². The highest BCUT2D eigenvalue weighted by molar-refractivity contribution is 5.78. The second kappa shape index (κ2) is 5.03. The Morgan fingerprint density at radius 2 is 2.00 bits per heavy atom. The van der Waals surface area contributed by atoms with Gasteiger partial charge in [-0.15, -0.1) is 0 Å². The summed E-state index contributed by atoms with van der Waals surface area (Å²) in [5.41, 5.74) is 1.36. The molecule has 1 aliphatic carbocycles. The Labute approximate surface area is 99.1 Å². The first kappa shape index (κ1) is 13.3. The molecule has 0 aromatic rings. The quantitative estimate of drug-likeness (QED) is 0.405. The zero-order valence-electron chi connectivity index (χ0n) is 11.2. The van der Waals surface area contributed by atoms with Gasteiger partial charge in [-0.1, -0.05) is 38.8 Å². The first-order valence-corrected chi connectivity index (χ1v) is 6.23. The van der Waals surface area contributed by atoms with Crippen LogP contribution in [0.2, 0.25) is 0 Å². The van der Waals surface area contributed by atoms with Crippen molar-refractivity contribution in [3.05, 3.63) is 11.6 Å². The van der Waals surface area contributed by atoms with E-state index in [0.717, 1.165) is 12.8 Å². The lowest BCUT2D eigenvalue weighted by Crippen LogP contribution is -2.11. The highest BCUT2D eigenvalue weighted by atomic mass is 16.5. The topological polar surface area (TPSA) is 26.3 Å². The van der Waals surface area contributed by atoms with Gasteiger partial charge in [-0.2, -0.15) is 0 Å². The fourth-order valence-corrected chi connectivity index (χ4v) is 2.20. The predicted octanol–water partition coefficient (Wildman–Crippen LogP) is 3.57. The third-order valence-corrected chi connectivity index (χ3v) is 3.42. The number of unbranched alkanes of at least 4 members (excludes halogenated alkanes) is 1. The minimum Gasteiger partial charge on any atom is -0.465 e. The number of allylic oxidation sites excluding steroid dienone is 2. The summed E-state index contributed by atoms with van der Waals surface area (Å²) in [7, 11) is 0. The third-order valence-electron chi connectivity index (χ3n) is 3.42. The van der Waals surface area contributed by atoms with Crippen molar-refractivity contribution in [2.75, 3.05) is 6.61 Å². The first-order chi connectivity index (χ1) is 7.41. The minimum atomic E-state index is -0.0130. The molecule has 0 aliphatic heterocycles. The van der Waals surface area contributed by atoms with Crippen molar-refractivity contribution in [3.8, 4) is 0 Å². The van der Waals surface area contributed by atoms with Gasteiger partial charge in [0, 0.05) is 0 Å². The van der Waals surface area contributed by atoms with Crippen LogP contribution in [0.25, 0.3) is 0 Å². The van der Waals surface area contributed by atoms with Crippen LogP contribution in [0.3, 0.4) is 0 Å². The van der Waals surface area contributed by atoms with Crippen molar-refractivity contribution >= 4 is 5.97 Å². The van der Waals surface area contributed by atoms with Gasteiger partial charge in [-0.3, -0.25) is 4.79 Å². The van der Waals surface area contributed by atoms with Crippen molar-refractivity contribution in [1.29, 1.82) is 0 Å². The molecule has 0 radical (unpaired) electrons. The van der Waals surface area contributed by atoms with Crippen LogP contribution in [0.1, 0.15) is 47.5 Å². The standard InChI is InChI=1S/C14H24O2/c1-6-7-8-16-13(15)12-11(9-10(2)3)14(12,4)5/h9,11-12H,6-8H2,1-5H3/t11-,12-/m1/s1. The number of carbonyl (C=O) groups is 1. The van der Waals surface area contributed by atoms with Gasteiger partial charge >= 0.3 is 5.97 Å². The van der Waals surface area contributed by atoms with E-state index in [2.05, 4.69) is 40.7 Å². The van der Waals surface area contributed by atoms with Crippen molar-refractivity contribution < 1.29 is 9.53 Å². The summed E-state index contributed by atoms with van der Waals surface area (Å²) >= 11 is 0. The summed E-state index contributed by atoms with van der Waals surface area (Å²) in [6, 6.07) is 0. The fourth-order valence-electron chi connectivity index (χ4n) is 2.20. The van der Waals surface area contributed by atoms with E-state index in [1.807, 2.05) is 0 Å². The smallest absolute Gasteiger partial charge is 0.310 e. The molecule has 0 aromatic carbocycles. The van der Waals surface area contributed by atoms with Gasteiger partial charge in [0.2, 0.25) is 0 Å². The average Bonchev–Trinajstić information content (AvgIpc) is 2.67.